The number of aryl methyl sites for hydroxylation is 1. The fourth-order valence-electron chi connectivity index (χ4n) is 3.16. The molecule has 24 heavy (non-hydrogen) atoms. The fourth-order valence-corrected chi connectivity index (χ4v) is 3.16. The van der Waals surface area contributed by atoms with Gasteiger partial charge in [-0.05, 0) is 57.0 Å². The van der Waals surface area contributed by atoms with Gasteiger partial charge in [0.25, 0.3) is 5.91 Å². The van der Waals surface area contributed by atoms with Crippen LogP contribution in [0.3, 0.4) is 0 Å². The maximum Gasteiger partial charge on any atom is 0.287 e. The van der Waals surface area contributed by atoms with Crippen LogP contribution in [0.1, 0.15) is 35.2 Å². The number of nitrogens with zero attached hydrogens (tertiary/aromatic N) is 1. The van der Waals surface area contributed by atoms with Gasteiger partial charge in [-0.15, -0.1) is 0 Å². The zero-order chi connectivity index (χ0) is 16.9. The molecule has 1 atom stereocenters. The molecule has 2 aromatic heterocycles. The summed E-state index contributed by atoms with van der Waals surface area (Å²) in [5.74, 6) is 1.68. The van der Waals surface area contributed by atoms with Crippen molar-refractivity contribution in [3.63, 3.8) is 0 Å². The van der Waals surface area contributed by atoms with Gasteiger partial charge in [-0.1, -0.05) is 5.57 Å². The summed E-state index contributed by atoms with van der Waals surface area (Å²) in [5.41, 5.74) is 2.15. The van der Waals surface area contributed by atoms with E-state index in [1.807, 2.05) is 19.1 Å². The second-order valence-corrected chi connectivity index (χ2v) is 6.54. The summed E-state index contributed by atoms with van der Waals surface area (Å²) in [7, 11) is 0. The molecule has 128 valence electrons. The smallest absolute Gasteiger partial charge is 0.287 e. The van der Waals surface area contributed by atoms with Crippen LogP contribution in [0.2, 0.25) is 0 Å². The third kappa shape index (κ3) is 4.17. The lowest BCUT2D eigenvalue weighted by molar-refractivity contribution is 0.0919. The molecule has 5 nitrogen and oxygen atoms in total. The number of hydrogen-bond donors (Lipinski definition) is 1. The maximum atomic E-state index is 12.1. The molecule has 3 rings (SSSR count). The molecule has 0 bridgehead atoms. The van der Waals surface area contributed by atoms with E-state index in [9.17, 15) is 4.79 Å². The predicted octanol–water partition coefficient (Wildman–Crippen LogP) is 3.34. The van der Waals surface area contributed by atoms with Crippen LogP contribution in [-0.2, 0) is 0 Å². The molecule has 0 spiro atoms. The minimum absolute atomic E-state index is 0.121. The highest BCUT2D eigenvalue weighted by molar-refractivity contribution is 5.92. The molecular weight excluding hydrogens is 304 g/mol. The first-order valence-electron chi connectivity index (χ1n) is 8.37. The molecule has 1 aliphatic rings. The standard InChI is InChI=1S/C19H24N2O3/c1-14(10-17-4-3-8-23-17)12-21-7-5-16(13-21)11-20-19(22)18-15(2)6-9-24-18/h3-4,6,8-10,16H,5,7,11-13H2,1-2H3,(H,20,22)/b14-10+/t16-/m1/s1. The molecule has 0 unspecified atom stereocenters. The first-order chi connectivity index (χ1) is 11.6. The number of likely N-dealkylation sites (tertiary alicyclic amines) is 1. The van der Waals surface area contributed by atoms with Crippen molar-refractivity contribution in [2.45, 2.75) is 20.3 Å². The van der Waals surface area contributed by atoms with E-state index in [0.717, 1.165) is 37.4 Å². The van der Waals surface area contributed by atoms with Gasteiger partial charge in [0.2, 0.25) is 0 Å². The Kier molecular flexibility index (Phi) is 5.20. The summed E-state index contributed by atoms with van der Waals surface area (Å²) < 4.78 is 10.6. The van der Waals surface area contributed by atoms with Crippen LogP contribution in [0.25, 0.3) is 6.08 Å². The van der Waals surface area contributed by atoms with Crippen LogP contribution >= 0.6 is 0 Å². The van der Waals surface area contributed by atoms with Gasteiger partial charge in [-0.3, -0.25) is 9.69 Å². The summed E-state index contributed by atoms with van der Waals surface area (Å²) >= 11 is 0. The zero-order valence-electron chi connectivity index (χ0n) is 14.2. The van der Waals surface area contributed by atoms with Gasteiger partial charge in [-0.2, -0.15) is 0 Å². The van der Waals surface area contributed by atoms with E-state index in [-0.39, 0.29) is 5.91 Å². The number of amides is 1. The minimum Gasteiger partial charge on any atom is -0.465 e. The van der Waals surface area contributed by atoms with E-state index in [1.165, 1.54) is 5.57 Å². The van der Waals surface area contributed by atoms with Crippen molar-refractivity contribution in [3.05, 3.63) is 53.4 Å². The minimum atomic E-state index is -0.121. The van der Waals surface area contributed by atoms with Gasteiger partial charge in [0.15, 0.2) is 5.76 Å². The molecule has 2 aromatic rings. The van der Waals surface area contributed by atoms with Gasteiger partial charge in [0.05, 0.1) is 12.5 Å². The first-order valence-corrected chi connectivity index (χ1v) is 8.37. The molecule has 0 saturated carbocycles. The average Bonchev–Trinajstić information content (AvgIpc) is 3.27. The van der Waals surface area contributed by atoms with Gasteiger partial charge in [0, 0.05) is 25.2 Å². The van der Waals surface area contributed by atoms with Crippen LogP contribution < -0.4 is 5.32 Å². The fraction of sp³-hybridized carbons (Fsp3) is 0.421. The number of rotatable bonds is 6. The molecule has 1 amide bonds. The van der Waals surface area contributed by atoms with Gasteiger partial charge >= 0.3 is 0 Å². The van der Waals surface area contributed by atoms with Gasteiger partial charge in [-0.25, -0.2) is 0 Å². The summed E-state index contributed by atoms with van der Waals surface area (Å²) in [5, 5.41) is 2.99. The Morgan fingerprint density at radius 2 is 2.25 bits per heavy atom. The summed E-state index contributed by atoms with van der Waals surface area (Å²) in [4.78, 5) is 14.5. The van der Waals surface area contributed by atoms with Crippen LogP contribution in [-0.4, -0.2) is 37.0 Å². The maximum absolute atomic E-state index is 12.1. The second-order valence-electron chi connectivity index (χ2n) is 6.54. The highest BCUT2D eigenvalue weighted by atomic mass is 16.3. The Hall–Kier alpha value is -2.27. The normalized spacial score (nSPS) is 18.9. The number of carbonyl (C=O) groups is 1. The molecule has 0 aliphatic carbocycles. The average molecular weight is 328 g/mol. The first kappa shape index (κ1) is 16.6. The predicted molar refractivity (Wildman–Crippen MR) is 92.7 cm³/mol. The highest BCUT2D eigenvalue weighted by Gasteiger charge is 2.23. The summed E-state index contributed by atoms with van der Waals surface area (Å²) in [6, 6.07) is 5.66. The van der Waals surface area contributed by atoms with Gasteiger partial charge < -0.3 is 14.2 Å². The third-order valence-electron chi connectivity index (χ3n) is 4.39. The van der Waals surface area contributed by atoms with Crippen molar-refractivity contribution in [2.75, 3.05) is 26.2 Å². The second kappa shape index (κ2) is 7.53. The Morgan fingerprint density at radius 3 is 2.96 bits per heavy atom. The quantitative estimate of drug-likeness (QED) is 0.883. The lowest BCUT2D eigenvalue weighted by atomic mass is 10.1. The van der Waals surface area contributed by atoms with Crippen molar-refractivity contribution in [3.8, 4) is 0 Å². The molecule has 1 saturated heterocycles. The Balaban J connectivity index is 1.44. The van der Waals surface area contributed by atoms with E-state index in [2.05, 4.69) is 23.2 Å². The molecule has 3 heterocycles. The highest BCUT2D eigenvalue weighted by Crippen LogP contribution is 2.18. The molecule has 1 fully saturated rings. The summed E-state index contributed by atoms with van der Waals surface area (Å²) in [6.07, 6.45) is 6.42. The van der Waals surface area contributed by atoms with E-state index >= 15 is 0 Å². The lowest BCUT2D eigenvalue weighted by Crippen LogP contribution is -2.31. The summed E-state index contributed by atoms with van der Waals surface area (Å²) in [6.45, 7) is 7.68. The van der Waals surface area contributed by atoms with Crippen molar-refractivity contribution < 1.29 is 13.6 Å². The SMILES string of the molecule is C/C(=C\c1ccco1)CN1CC[C@H](CNC(=O)c2occc2C)C1. The molecule has 1 N–H and O–H groups in total. The van der Waals surface area contributed by atoms with Crippen molar-refractivity contribution in [1.82, 2.24) is 10.2 Å². The van der Waals surface area contributed by atoms with Crippen molar-refractivity contribution in [1.29, 1.82) is 0 Å². The van der Waals surface area contributed by atoms with E-state index in [1.54, 1.807) is 18.6 Å². The zero-order valence-corrected chi connectivity index (χ0v) is 14.2. The van der Waals surface area contributed by atoms with E-state index in [4.69, 9.17) is 8.83 Å². The lowest BCUT2D eigenvalue weighted by Gasteiger charge is -2.16. The van der Waals surface area contributed by atoms with Crippen molar-refractivity contribution >= 4 is 12.0 Å². The number of furan rings is 2. The molecule has 0 aromatic carbocycles. The number of hydrogen-bond acceptors (Lipinski definition) is 4. The Labute approximate surface area is 142 Å². The monoisotopic (exact) mass is 328 g/mol. The van der Waals surface area contributed by atoms with Crippen LogP contribution in [0, 0.1) is 12.8 Å². The van der Waals surface area contributed by atoms with E-state index < -0.39 is 0 Å². The van der Waals surface area contributed by atoms with E-state index in [0.29, 0.717) is 18.2 Å². The topological polar surface area (TPSA) is 58.6 Å². The van der Waals surface area contributed by atoms with Crippen molar-refractivity contribution in [2.24, 2.45) is 5.92 Å². The molecular formula is C19H24N2O3. The molecule has 1 aliphatic heterocycles. The van der Waals surface area contributed by atoms with Crippen LogP contribution in [0.15, 0.2) is 45.1 Å². The Bertz CT molecular complexity index is 700. The van der Waals surface area contributed by atoms with Crippen LogP contribution in [0.5, 0.6) is 0 Å². The molecule has 5 heteroatoms. The molecule has 0 radical (unpaired) electrons. The third-order valence-corrected chi connectivity index (χ3v) is 4.39. The van der Waals surface area contributed by atoms with Gasteiger partial charge in [0.1, 0.15) is 5.76 Å². The largest absolute Gasteiger partial charge is 0.465 e. The van der Waals surface area contributed by atoms with Crippen LogP contribution in [0.4, 0.5) is 0 Å². The number of carbonyl (C=O) groups excluding carboxylic acids is 1. The number of nitrogens with one attached hydrogen (secondary N) is 1. The Morgan fingerprint density at radius 1 is 1.38 bits per heavy atom.